The number of rotatable bonds is 2. The minimum atomic E-state index is -0.397. The number of nitrogens with zero attached hydrogens (tertiary/aromatic N) is 1. The van der Waals surface area contributed by atoms with Crippen LogP contribution in [0, 0.1) is 0 Å². The number of alkyl halides is 1. The summed E-state index contributed by atoms with van der Waals surface area (Å²) in [6, 6.07) is 7.12. The highest BCUT2D eigenvalue weighted by Crippen LogP contribution is 2.16. The average molecular weight is 244 g/mol. The normalized spacial score (nSPS) is 9.77. The number of amides is 1. The van der Waals surface area contributed by atoms with Crippen molar-refractivity contribution in [1.82, 2.24) is 0 Å². The van der Waals surface area contributed by atoms with Crippen LogP contribution in [0.5, 0.6) is 0 Å². The second-order valence-corrected chi connectivity index (χ2v) is 3.20. The van der Waals surface area contributed by atoms with Crippen molar-refractivity contribution in [2.24, 2.45) is 0 Å². The molecule has 70 valence electrons. The first-order valence-electron chi connectivity index (χ1n) is 3.79. The molecule has 1 aromatic rings. The predicted octanol–water partition coefficient (Wildman–Crippen LogP) is 2.32. The standard InChI is InChI=1S/C9H10BrNO2/c1-7(12)11(13)9-4-2-3-8(5-9)6-10/h2-5,13H,6H2,1H3. The number of halogens is 1. The minimum Gasteiger partial charge on any atom is -0.281 e. The zero-order chi connectivity index (χ0) is 9.84. The maximum Gasteiger partial charge on any atom is 0.247 e. The Morgan fingerprint density at radius 1 is 1.62 bits per heavy atom. The first kappa shape index (κ1) is 10.2. The summed E-state index contributed by atoms with van der Waals surface area (Å²) in [6.07, 6.45) is 0. The molecule has 0 fully saturated rings. The third-order valence-electron chi connectivity index (χ3n) is 1.61. The summed E-state index contributed by atoms with van der Waals surface area (Å²) in [5, 5.41) is 10.6. The molecule has 0 aliphatic carbocycles. The van der Waals surface area contributed by atoms with Crippen LogP contribution < -0.4 is 5.06 Å². The summed E-state index contributed by atoms with van der Waals surface area (Å²) in [4.78, 5) is 10.8. The Hall–Kier alpha value is -0.870. The molecule has 0 aliphatic rings. The number of carbonyl (C=O) groups is 1. The maximum absolute atomic E-state index is 10.8. The zero-order valence-corrected chi connectivity index (χ0v) is 8.78. The zero-order valence-electron chi connectivity index (χ0n) is 7.20. The summed E-state index contributed by atoms with van der Waals surface area (Å²) in [5.41, 5.74) is 1.50. The van der Waals surface area contributed by atoms with Crippen molar-refractivity contribution in [2.75, 3.05) is 5.06 Å². The van der Waals surface area contributed by atoms with Crippen LogP contribution >= 0.6 is 15.9 Å². The van der Waals surface area contributed by atoms with Crippen LogP contribution in [0.25, 0.3) is 0 Å². The van der Waals surface area contributed by atoms with Gasteiger partial charge in [0, 0.05) is 12.3 Å². The van der Waals surface area contributed by atoms with Gasteiger partial charge in [-0.15, -0.1) is 0 Å². The second-order valence-electron chi connectivity index (χ2n) is 2.63. The fourth-order valence-corrected chi connectivity index (χ4v) is 1.30. The third kappa shape index (κ3) is 2.54. The van der Waals surface area contributed by atoms with Gasteiger partial charge in [-0.05, 0) is 17.7 Å². The Morgan fingerprint density at radius 2 is 2.31 bits per heavy atom. The van der Waals surface area contributed by atoms with Crippen LogP contribution in [0.15, 0.2) is 24.3 Å². The molecule has 0 aromatic heterocycles. The maximum atomic E-state index is 10.8. The molecular weight excluding hydrogens is 234 g/mol. The average Bonchev–Trinajstić information content (AvgIpc) is 2.16. The molecule has 0 unspecified atom stereocenters. The van der Waals surface area contributed by atoms with Gasteiger partial charge in [0.05, 0.1) is 5.69 Å². The molecule has 13 heavy (non-hydrogen) atoms. The monoisotopic (exact) mass is 243 g/mol. The van der Waals surface area contributed by atoms with E-state index in [1.807, 2.05) is 6.07 Å². The van der Waals surface area contributed by atoms with Gasteiger partial charge >= 0.3 is 0 Å². The first-order chi connectivity index (χ1) is 6.15. The molecule has 0 heterocycles. The van der Waals surface area contributed by atoms with E-state index in [2.05, 4.69) is 15.9 Å². The van der Waals surface area contributed by atoms with Gasteiger partial charge in [-0.2, -0.15) is 5.06 Å². The van der Waals surface area contributed by atoms with E-state index in [-0.39, 0.29) is 0 Å². The molecule has 0 saturated carbocycles. The number of benzene rings is 1. The van der Waals surface area contributed by atoms with Gasteiger partial charge in [0.2, 0.25) is 5.91 Å². The van der Waals surface area contributed by atoms with Gasteiger partial charge in [-0.25, -0.2) is 0 Å². The van der Waals surface area contributed by atoms with Crippen LogP contribution in [0.1, 0.15) is 12.5 Å². The molecule has 1 amide bonds. The van der Waals surface area contributed by atoms with Crippen molar-refractivity contribution in [3.63, 3.8) is 0 Å². The third-order valence-corrected chi connectivity index (χ3v) is 2.26. The molecule has 1 N–H and O–H groups in total. The van der Waals surface area contributed by atoms with E-state index in [1.165, 1.54) is 6.92 Å². The fraction of sp³-hybridized carbons (Fsp3) is 0.222. The quantitative estimate of drug-likeness (QED) is 0.492. The topological polar surface area (TPSA) is 40.5 Å². The van der Waals surface area contributed by atoms with E-state index in [0.717, 1.165) is 5.56 Å². The Kier molecular flexibility index (Phi) is 3.45. The summed E-state index contributed by atoms with van der Waals surface area (Å²) in [6.45, 7) is 1.31. The minimum absolute atomic E-state index is 0.397. The molecule has 0 spiro atoms. The molecule has 3 nitrogen and oxygen atoms in total. The second kappa shape index (κ2) is 4.39. The molecular formula is C9H10BrNO2. The lowest BCUT2D eigenvalue weighted by atomic mass is 10.2. The number of carbonyl (C=O) groups excluding carboxylic acids is 1. The largest absolute Gasteiger partial charge is 0.281 e. The van der Waals surface area contributed by atoms with Crippen LogP contribution in [-0.2, 0) is 10.1 Å². The molecule has 0 atom stereocenters. The van der Waals surface area contributed by atoms with Crippen molar-refractivity contribution >= 4 is 27.5 Å². The van der Waals surface area contributed by atoms with Crippen LogP contribution in [0.4, 0.5) is 5.69 Å². The smallest absolute Gasteiger partial charge is 0.247 e. The molecule has 0 bridgehead atoms. The molecule has 4 heteroatoms. The van der Waals surface area contributed by atoms with Gasteiger partial charge in [0.25, 0.3) is 0 Å². The van der Waals surface area contributed by atoms with E-state index in [9.17, 15) is 10.0 Å². The highest BCUT2D eigenvalue weighted by Gasteiger charge is 2.07. The van der Waals surface area contributed by atoms with Gasteiger partial charge in [0.15, 0.2) is 0 Å². The van der Waals surface area contributed by atoms with Crippen molar-refractivity contribution in [1.29, 1.82) is 0 Å². The van der Waals surface area contributed by atoms with Gasteiger partial charge in [-0.3, -0.25) is 10.0 Å². The highest BCUT2D eigenvalue weighted by molar-refractivity contribution is 9.08. The lowest BCUT2D eigenvalue weighted by molar-refractivity contribution is -0.121. The number of hydrogen-bond acceptors (Lipinski definition) is 2. The van der Waals surface area contributed by atoms with Crippen molar-refractivity contribution in [3.05, 3.63) is 29.8 Å². The van der Waals surface area contributed by atoms with Crippen LogP contribution in [-0.4, -0.2) is 11.1 Å². The lowest BCUT2D eigenvalue weighted by Crippen LogP contribution is -2.23. The lowest BCUT2D eigenvalue weighted by Gasteiger charge is -2.12. The SMILES string of the molecule is CC(=O)N(O)c1cccc(CBr)c1. The summed E-state index contributed by atoms with van der Waals surface area (Å²) >= 11 is 3.29. The Bertz CT molecular complexity index is 314. The molecule has 1 aromatic carbocycles. The fourth-order valence-electron chi connectivity index (χ4n) is 0.953. The summed E-state index contributed by atoms with van der Waals surface area (Å²) in [7, 11) is 0. The number of hydrogen-bond donors (Lipinski definition) is 1. The molecule has 1 rings (SSSR count). The van der Waals surface area contributed by atoms with E-state index >= 15 is 0 Å². The molecule has 0 aliphatic heterocycles. The Labute approximate surface area is 85.1 Å². The van der Waals surface area contributed by atoms with Crippen LogP contribution in [0.2, 0.25) is 0 Å². The van der Waals surface area contributed by atoms with E-state index < -0.39 is 5.91 Å². The number of hydroxylamine groups is 1. The van der Waals surface area contributed by atoms with E-state index in [1.54, 1.807) is 18.2 Å². The first-order valence-corrected chi connectivity index (χ1v) is 4.91. The highest BCUT2D eigenvalue weighted by atomic mass is 79.9. The number of anilines is 1. The Morgan fingerprint density at radius 3 is 2.85 bits per heavy atom. The van der Waals surface area contributed by atoms with Gasteiger partial charge in [-0.1, -0.05) is 28.1 Å². The summed E-state index contributed by atoms with van der Waals surface area (Å²) < 4.78 is 0. The Balaban J connectivity index is 2.94. The molecule has 0 radical (unpaired) electrons. The molecule has 0 saturated heterocycles. The van der Waals surface area contributed by atoms with E-state index in [4.69, 9.17) is 0 Å². The van der Waals surface area contributed by atoms with Gasteiger partial charge < -0.3 is 0 Å². The van der Waals surface area contributed by atoms with Crippen molar-refractivity contribution in [2.45, 2.75) is 12.3 Å². The van der Waals surface area contributed by atoms with E-state index in [0.29, 0.717) is 16.1 Å². The van der Waals surface area contributed by atoms with Crippen LogP contribution in [0.3, 0.4) is 0 Å². The van der Waals surface area contributed by atoms with Crippen molar-refractivity contribution < 1.29 is 10.0 Å². The van der Waals surface area contributed by atoms with Gasteiger partial charge in [0.1, 0.15) is 0 Å². The summed E-state index contributed by atoms with van der Waals surface area (Å²) in [5.74, 6) is -0.397. The predicted molar refractivity (Wildman–Crippen MR) is 54.0 cm³/mol. The van der Waals surface area contributed by atoms with Crippen molar-refractivity contribution in [3.8, 4) is 0 Å².